The molecule has 208 valence electrons. The van der Waals surface area contributed by atoms with Crippen molar-refractivity contribution in [1.82, 2.24) is 10.5 Å². The first-order valence-corrected chi connectivity index (χ1v) is 12.1. The van der Waals surface area contributed by atoms with Crippen LogP contribution in [-0.4, -0.2) is 28.9 Å². The molecule has 0 aliphatic heterocycles. The van der Waals surface area contributed by atoms with Crippen molar-refractivity contribution in [2.75, 3.05) is 5.32 Å². The fourth-order valence-electron chi connectivity index (χ4n) is 4.81. The zero-order valence-corrected chi connectivity index (χ0v) is 20.9. The molecule has 1 saturated carbocycles. The van der Waals surface area contributed by atoms with Crippen LogP contribution in [-0.2, 0) is 11.0 Å². The number of hydrogen-bond donors (Lipinski definition) is 2. The van der Waals surface area contributed by atoms with Crippen molar-refractivity contribution < 1.29 is 40.8 Å². The fraction of sp³-hybridized carbons (Fsp3) is 0.385. The highest BCUT2D eigenvalue weighted by molar-refractivity contribution is 6.01. The second kappa shape index (κ2) is 10.6. The second-order valence-electron chi connectivity index (χ2n) is 9.56. The highest BCUT2D eigenvalue weighted by Crippen LogP contribution is 2.39. The molecule has 1 fully saturated rings. The van der Waals surface area contributed by atoms with Crippen molar-refractivity contribution in [3.8, 4) is 11.1 Å². The minimum Gasteiger partial charge on any atom is -0.618 e. The number of nitrogens with one attached hydrogen (secondary N) is 2. The number of halogens is 5. The molecule has 1 aromatic carbocycles. The minimum absolute atomic E-state index is 0.0500. The predicted octanol–water partition coefficient (Wildman–Crippen LogP) is 5.17. The van der Waals surface area contributed by atoms with Crippen molar-refractivity contribution in [1.29, 1.82) is 0 Å². The van der Waals surface area contributed by atoms with E-state index in [2.05, 4.69) is 15.8 Å². The van der Waals surface area contributed by atoms with E-state index in [4.69, 9.17) is 4.52 Å². The van der Waals surface area contributed by atoms with Crippen molar-refractivity contribution in [3.63, 3.8) is 0 Å². The molecule has 0 bridgehead atoms. The molecular weight excluding hydrogens is 527 g/mol. The van der Waals surface area contributed by atoms with Gasteiger partial charge in [-0.25, -0.2) is 8.78 Å². The Hall–Kier alpha value is -4.03. The van der Waals surface area contributed by atoms with Gasteiger partial charge in [-0.1, -0.05) is 17.3 Å². The molecule has 0 radical (unpaired) electrons. The van der Waals surface area contributed by atoms with Gasteiger partial charge in [-0.3, -0.25) is 9.59 Å². The number of anilines is 1. The van der Waals surface area contributed by atoms with Gasteiger partial charge in [0.05, 0.1) is 16.8 Å². The van der Waals surface area contributed by atoms with Gasteiger partial charge in [0.15, 0.2) is 11.9 Å². The highest BCUT2D eigenvalue weighted by Gasteiger charge is 2.42. The lowest BCUT2D eigenvalue weighted by Gasteiger charge is -2.34. The number of carbonyl (C=O) groups excluding carboxylic acids is 2. The average Bonchev–Trinajstić information content (AvgIpc) is 3.29. The SMILES string of the molecule is Cc1nocc1C(=O)N[C@H](C(=O)Nc1ccc(-c2c(C(F)(F)F)cc[n+]([O-])c2C)cc1)[C@H]1CCCC(F)(F)C1. The number of nitrogens with zero attached hydrogens (tertiary/aromatic N) is 2. The van der Waals surface area contributed by atoms with Crippen LogP contribution in [0, 0.1) is 25.0 Å². The van der Waals surface area contributed by atoms with Gasteiger partial charge in [0.25, 0.3) is 5.91 Å². The monoisotopic (exact) mass is 552 g/mol. The Morgan fingerprint density at radius 2 is 1.87 bits per heavy atom. The molecule has 2 N–H and O–H groups in total. The molecule has 0 saturated heterocycles. The van der Waals surface area contributed by atoms with E-state index < -0.39 is 47.9 Å². The summed E-state index contributed by atoms with van der Waals surface area (Å²) in [5.74, 6) is -5.35. The van der Waals surface area contributed by atoms with Crippen molar-refractivity contribution in [2.45, 2.75) is 57.7 Å². The van der Waals surface area contributed by atoms with Crippen LogP contribution in [0.3, 0.4) is 0 Å². The van der Waals surface area contributed by atoms with Gasteiger partial charge in [0.2, 0.25) is 11.8 Å². The van der Waals surface area contributed by atoms with Crippen molar-refractivity contribution in [2.24, 2.45) is 5.92 Å². The Morgan fingerprint density at radius 1 is 1.18 bits per heavy atom. The topological polar surface area (TPSA) is 111 Å². The van der Waals surface area contributed by atoms with Crippen LogP contribution in [0.25, 0.3) is 11.1 Å². The number of hydrogen-bond acceptors (Lipinski definition) is 5. The maximum Gasteiger partial charge on any atom is 0.417 e. The molecule has 8 nitrogen and oxygen atoms in total. The van der Waals surface area contributed by atoms with Crippen LogP contribution >= 0.6 is 0 Å². The van der Waals surface area contributed by atoms with Crippen molar-refractivity contribution in [3.05, 3.63) is 70.5 Å². The van der Waals surface area contributed by atoms with Crippen LogP contribution in [0.5, 0.6) is 0 Å². The number of benzene rings is 1. The molecule has 0 unspecified atom stereocenters. The van der Waals surface area contributed by atoms with E-state index in [1.54, 1.807) is 0 Å². The standard InChI is InChI=1S/C26H25F5N4O4/c1-14-19(13-39-34-14)23(36)33-22(17-4-3-10-25(27,28)12-17)24(37)32-18-7-5-16(6-8-18)21-15(2)35(38)11-9-20(21)26(29,30)31/h5-9,11,13,17,22H,3-4,10,12H2,1-2H3,(H,32,37)(H,33,36)/t17-,22-/m0/s1. The third kappa shape index (κ3) is 6.18. The van der Waals surface area contributed by atoms with E-state index in [0.717, 1.165) is 12.5 Å². The Labute approximate surface area is 219 Å². The Balaban J connectivity index is 1.59. The number of rotatable bonds is 6. The van der Waals surface area contributed by atoms with E-state index in [9.17, 15) is 36.7 Å². The summed E-state index contributed by atoms with van der Waals surface area (Å²) in [6.07, 6.45) is -3.33. The Morgan fingerprint density at radius 3 is 2.46 bits per heavy atom. The quantitative estimate of drug-likeness (QED) is 0.249. The third-order valence-electron chi connectivity index (χ3n) is 6.80. The number of alkyl halides is 5. The molecule has 1 aliphatic rings. The molecule has 2 amide bonds. The maximum atomic E-state index is 14.2. The molecule has 2 atom stereocenters. The molecule has 4 rings (SSSR count). The number of carbonyl (C=O) groups is 2. The van der Waals surface area contributed by atoms with Gasteiger partial charge >= 0.3 is 6.18 Å². The number of aryl methyl sites for hydroxylation is 1. The van der Waals surface area contributed by atoms with Crippen LogP contribution in [0.2, 0.25) is 0 Å². The summed E-state index contributed by atoms with van der Waals surface area (Å²) in [6, 6.07) is 4.62. The van der Waals surface area contributed by atoms with E-state index in [1.807, 2.05) is 0 Å². The number of pyridine rings is 1. The molecule has 39 heavy (non-hydrogen) atoms. The molecule has 13 heteroatoms. The zero-order chi connectivity index (χ0) is 28.5. The Bertz CT molecular complexity index is 1370. The van der Waals surface area contributed by atoms with Crippen LogP contribution in [0.15, 0.2) is 47.3 Å². The minimum atomic E-state index is -4.71. The van der Waals surface area contributed by atoms with E-state index >= 15 is 0 Å². The molecular formula is C26H25F5N4O4. The molecule has 2 aromatic heterocycles. The lowest BCUT2D eigenvalue weighted by atomic mass is 9.81. The summed E-state index contributed by atoms with van der Waals surface area (Å²) in [4.78, 5) is 26.0. The van der Waals surface area contributed by atoms with Gasteiger partial charge in [-0.15, -0.1) is 0 Å². The largest absolute Gasteiger partial charge is 0.618 e. The summed E-state index contributed by atoms with van der Waals surface area (Å²) < 4.78 is 74.2. The molecule has 0 spiro atoms. The van der Waals surface area contributed by atoms with Crippen LogP contribution in [0.1, 0.15) is 53.0 Å². The highest BCUT2D eigenvalue weighted by atomic mass is 19.4. The first-order chi connectivity index (χ1) is 18.3. The predicted molar refractivity (Wildman–Crippen MR) is 129 cm³/mol. The van der Waals surface area contributed by atoms with E-state index in [0.29, 0.717) is 10.8 Å². The van der Waals surface area contributed by atoms with Gasteiger partial charge < -0.3 is 20.4 Å². The van der Waals surface area contributed by atoms with Gasteiger partial charge in [0.1, 0.15) is 17.9 Å². The van der Waals surface area contributed by atoms with Gasteiger partial charge in [0, 0.05) is 31.5 Å². The lowest BCUT2D eigenvalue weighted by molar-refractivity contribution is -0.611. The summed E-state index contributed by atoms with van der Waals surface area (Å²) in [5.41, 5.74) is -0.914. The number of aromatic nitrogens is 2. The van der Waals surface area contributed by atoms with Gasteiger partial charge in [-0.05, 0) is 43.4 Å². The molecule has 3 aromatic rings. The number of amides is 2. The molecule has 2 heterocycles. The first kappa shape index (κ1) is 28.0. The summed E-state index contributed by atoms with van der Waals surface area (Å²) in [5, 5.41) is 20.6. The fourth-order valence-corrected chi connectivity index (χ4v) is 4.81. The molecule has 1 aliphatic carbocycles. The summed E-state index contributed by atoms with van der Waals surface area (Å²) in [6.45, 7) is 2.77. The van der Waals surface area contributed by atoms with E-state index in [1.165, 1.54) is 38.1 Å². The average molecular weight is 553 g/mol. The Kier molecular flexibility index (Phi) is 7.62. The summed E-state index contributed by atoms with van der Waals surface area (Å²) in [7, 11) is 0. The first-order valence-electron chi connectivity index (χ1n) is 12.1. The van der Waals surface area contributed by atoms with E-state index in [-0.39, 0.29) is 53.0 Å². The third-order valence-corrected chi connectivity index (χ3v) is 6.80. The maximum absolute atomic E-state index is 14.2. The van der Waals surface area contributed by atoms with Crippen LogP contribution < -0.4 is 15.4 Å². The lowest BCUT2D eigenvalue weighted by Crippen LogP contribution is -2.50. The van der Waals surface area contributed by atoms with Crippen molar-refractivity contribution >= 4 is 17.5 Å². The van der Waals surface area contributed by atoms with Crippen LogP contribution in [0.4, 0.5) is 27.6 Å². The smallest absolute Gasteiger partial charge is 0.417 e. The second-order valence-corrected chi connectivity index (χ2v) is 9.56. The van der Waals surface area contributed by atoms with Gasteiger partial charge in [-0.2, -0.15) is 17.9 Å². The summed E-state index contributed by atoms with van der Waals surface area (Å²) >= 11 is 0. The zero-order valence-electron chi connectivity index (χ0n) is 20.9. The normalized spacial score (nSPS) is 17.9.